The quantitative estimate of drug-likeness (QED) is 0.497. The van der Waals surface area contributed by atoms with E-state index in [2.05, 4.69) is 4.72 Å². The number of carboxylic acids is 1. The van der Waals surface area contributed by atoms with E-state index in [9.17, 15) is 18.0 Å². The first kappa shape index (κ1) is 21.8. The molecule has 0 aromatic heterocycles. The number of primary amides is 1. The maximum atomic E-state index is 12.9. The van der Waals surface area contributed by atoms with Crippen molar-refractivity contribution in [1.82, 2.24) is 0 Å². The number of carbonyl (C=O) groups is 2. The smallest absolute Gasteiger partial charge is 0.328 e. The van der Waals surface area contributed by atoms with Crippen LogP contribution in [0.15, 0.2) is 53.4 Å². The summed E-state index contributed by atoms with van der Waals surface area (Å²) in [6, 6.07) is 10.5. The van der Waals surface area contributed by atoms with Crippen LogP contribution in [0.4, 0.5) is 5.69 Å². The summed E-state index contributed by atoms with van der Waals surface area (Å²) in [5.74, 6) is -1.40. The number of hydrogen-bond acceptors (Lipinski definition) is 6. The molecule has 0 atom stereocenters. The number of amides is 1. The Kier molecular flexibility index (Phi) is 7.21. The summed E-state index contributed by atoms with van der Waals surface area (Å²) < 4.78 is 38.9. The summed E-state index contributed by atoms with van der Waals surface area (Å²) in [5.41, 5.74) is 5.59. The van der Waals surface area contributed by atoms with Crippen LogP contribution in [-0.2, 0) is 19.6 Å². The van der Waals surface area contributed by atoms with Crippen molar-refractivity contribution >= 4 is 33.7 Å². The van der Waals surface area contributed by atoms with E-state index in [-0.39, 0.29) is 35.1 Å². The number of para-hydroxylation sites is 2. The number of hydrogen-bond donors (Lipinski definition) is 3. The molecule has 0 saturated carbocycles. The van der Waals surface area contributed by atoms with Crippen molar-refractivity contribution < 1.29 is 32.6 Å². The molecule has 0 radical (unpaired) electrons. The third-order valence-electron chi connectivity index (χ3n) is 3.63. The lowest BCUT2D eigenvalue weighted by Gasteiger charge is -2.15. The molecule has 1 amide bonds. The number of nitrogens with one attached hydrogen (secondary N) is 1. The molecule has 0 spiro atoms. The lowest BCUT2D eigenvalue weighted by atomic mass is 10.2. The van der Waals surface area contributed by atoms with E-state index in [1.165, 1.54) is 37.5 Å². The normalized spacial score (nSPS) is 11.2. The molecule has 0 aliphatic carbocycles. The average Bonchev–Trinajstić information content (AvgIpc) is 2.67. The van der Waals surface area contributed by atoms with Crippen molar-refractivity contribution in [2.75, 3.05) is 18.4 Å². The van der Waals surface area contributed by atoms with Crippen molar-refractivity contribution in [2.45, 2.75) is 11.3 Å². The van der Waals surface area contributed by atoms with E-state index in [0.717, 1.165) is 6.08 Å². The SMILES string of the molecule is COc1ccc(/C=C/C(=O)O)cc1S(=O)(=O)Nc1ccccc1OCCC(N)=O. The molecule has 2 rings (SSSR count). The zero-order valence-electron chi connectivity index (χ0n) is 15.5. The van der Waals surface area contributed by atoms with Crippen molar-refractivity contribution in [3.8, 4) is 11.5 Å². The van der Waals surface area contributed by atoms with Gasteiger partial charge in [0.2, 0.25) is 5.91 Å². The van der Waals surface area contributed by atoms with Crippen LogP contribution in [-0.4, -0.2) is 39.1 Å². The number of sulfonamides is 1. The van der Waals surface area contributed by atoms with Crippen LogP contribution in [0.25, 0.3) is 6.08 Å². The molecule has 0 aliphatic heterocycles. The highest BCUT2D eigenvalue weighted by Crippen LogP contribution is 2.31. The third-order valence-corrected chi connectivity index (χ3v) is 5.02. The summed E-state index contributed by atoms with van der Waals surface area (Å²) >= 11 is 0. The maximum absolute atomic E-state index is 12.9. The molecule has 4 N–H and O–H groups in total. The summed E-state index contributed by atoms with van der Waals surface area (Å²) in [6.45, 7) is -0.00708. The van der Waals surface area contributed by atoms with E-state index < -0.39 is 21.9 Å². The fraction of sp³-hybridized carbons (Fsp3) is 0.158. The third kappa shape index (κ3) is 6.25. The van der Waals surface area contributed by atoms with Crippen molar-refractivity contribution in [1.29, 1.82) is 0 Å². The Bertz CT molecular complexity index is 1030. The summed E-state index contributed by atoms with van der Waals surface area (Å²) in [7, 11) is -2.79. The predicted octanol–water partition coefficient (Wildman–Crippen LogP) is 1.85. The first-order valence-corrected chi connectivity index (χ1v) is 9.83. The standard InChI is InChI=1S/C19H20N2O7S/c1-27-16-8-6-13(7-9-19(23)24)12-17(16)29(25,26)21-14-4-2-3-5-15(14)28-11-10-18(20)22/h2-9,12,21H,10-11H2,1H3,(H2,20,22)(H,23,24)/b9-7+. The van der Waals surface area contributed by atoms with Gasteiger partial charge in [0.05, 0.1) is 25.8 Å². The minimum Gasteiger partial charge on any atom is -0.495 e. The zero-order valence-corrected chi connectivity index (χ0v) is 16.3. The van der Waals surface area contributed by atoms with Crippen LogP contribution in [0, 0.1) is 0 Å². The van der Waals surface area contributed by atoms with Gasteiger partial charge in [-0.05, 0) is 35.9 Å². The number of carbonyl (C=O) groups excluding carboxylic acids is 1. The summed E-state index contributed by atoms with van der Waals surface area (Å²) in [4.78, 5) is 21.4. The van der Waals surface area contributed by atoms with E-state index in [1.54, 1.807) is 18.2 Å². The molecule has 0 heterocycles. The Labute approximate surface area is 167 Å². The van der Waals surface area contributed by atoms with Gasteiger partial charge in [-0.25, -0.2) is 13.2 Å². The van der Waals surface area contributed by atoms with Crippen molar-refractivity contribution in [2.24, 2.45) is 5.73 Å². The maximum Gasteiger partial charge on any atom is 0.328 e. The number of benzene rings is 2. The molecule has 10 heteroatoms. The molecule has 2 aromatic carbocycles. The van der Waals surface area contributed by atoms with Crippen LogP contribution in [0.2, 0.25) is 0 Å². The molecule has 0 bridgehead atoms. The van der Waals surface area contributed by atoms with Gasteiger partial charge >= 0.3 is 5.97 Å². The summed E-state index contributed by atoms with van der Waals surface area (Å²) in [6.07, 6.45) is 2.14. The van der Waals surface area contributed by atoms with Gasteiger partial charge in [-0.15, -0.1) is 0 Å². The van der Waals surface area contributed by atoms with E-state index >= 15 is 0 Å². The minimum atomic E-state index is -4.11. The number of rotatable bonds is 10. The lowest BCUT2D eigenvalue weighted by molar-refractivity contribution is -0.131. The Morgan fingerprint density at radius 2 is 1.90 bits per heavy atom. The van der Waals surface area contributed by atoms with Crippen molar-refractivity contribution in [3.63, 3.8) is 0 Å². The number of aliphatic carboxylic acids is 1. The first-order valence-electron chi connectivity index (χ1n) is 8.35. The van der Waals surface area contributed by atoms with Gasteiger partial charge in [0, 0.05) is 6.08 Å². The molecular formula is C19H20N2O7S. The second-order valence-corrected chi connectivity index (χ2v) is 7.40. The minimum absolute atomic E-state index is 0.00708. The number of carboxylic acid groups (broad SMARTS) is 1. The molecule has 0 fully saturated rings. The molecular weight excluding hydrogens is 400 g/mol. The van der Waals surface area contributed by atoms with Gasteiger partial charge in [-0.3, -0.25) is 9.52 Å². The molecule has 2 aromatic rings. The predicted molar refractivity (Wildman–Crippen MR) is 106 cm³/mol. The number of nitrogens with two attached hydrogens (primary N) is 1. The van der Waals surface area contributed by atoms with Crippen LogP contribution in [0.1, 0.15) is 12.0 Å². The zero-order chi connectivity index (χ0) is 21.4. The highest BCUT2D eigenvalue weighted by atomic mass is 32.2. The molecule has 29 heavy (non-hydrogen) atoms. The van der Waals surface area contributed by atoms with Gasteiger partial charge in [0.15, 0.2) is 0 Å². The number of anilines is 1. The number of ether oxygens (including phenoxy) is 2. The van der Waals surface area contributed by atoms with Gasteiger partial charge < -0.3 is 20.3 Å². The average molecular weight is 420 g/mol. The Balaban J connectivity index is 2.35. The van der Waals surface area contributed by atoms with Gasteiger partial charge in [-0.2, -0.15) is 0 Å². The molecule has 0 aliphatic rings. The second-order valence-electron chi connectivity index (χ2n) is 5.75. The molecule has 0 unspecified atom stereocenters. The Morgan fingerprint density at radius 3 is 2.55 bits per heavy atom. The molecule has 0 saturated heterocycles. The van der Waals surface area contributed by atoms with Crippen LogP contribution >= 0.6 is 0 Å². The highest BCUT2D eigenvalue weighted by Gasteiger charge is 2.21. The Morgan fingerprint density at radius 1 is 1.17 bits per heavy atom. The highest BCUT2D eigenvalue weighted by molar-refractivity contribution is 7.92. The monoisotopic (exact) mass is 420 g/mol. The Hall–Kier alpha value is -3.53. The van der Waals surface area contributed by atoms with Crippen LogP contribution in [0.3, 0.4) is 0 Å². The topological polar surface area (TPSA) is 145 Å². The van der Waals surface area contributed by atoms with E-state index in [1.807, 2.05) is 0 Å². The largest absolute Gasteiger partial charge is 0.495 e. The molecule has 9 nitrogen and oxygen atoms in total. The number of methoxy groups -OCH3 is 1. The van der Waals surface area contributed by atoms with Crippen LogP contribution in [0.5, 0.6) is 11.5 Å². The van der Waals surface area contributed by atoms with E-state index in [0.29, 0.717) is 5.56 Å². The molecule has 154 valence electrons. The van der Waals surface area contributed by atoms with Gasteiger partial charge in [-0.1, -0.05) is 18.2 Å². The second kappa shape index (κ2) is 9.60. The van der Waals surface area contributed by atoms with Gasteiger partial charge in [0.1, 0.15) is 16.4 Å². The summed E-state index contributed by atoms with van der Waals surface area (Å²) in [5, 5.41) is 8.75. The van der Waals surface area contributed by atoms with Crippen LogP contribution < -0.4 is 19.9 Å². The fourth-order valence-corrected chi connectivity index (χ4v) is 3.59. The fourth-order valence-electron chi connectivity index (χ4n) is 2.31. The lowest BCUT2D eigenvalue weighted by Crippen LogP contribution is -2.17. The van der Waals surface area contributed by atoms with E-state index in [4.69, 9.17) is 20.3 Å². The van der Waals surface area contributed by atoms with Crippen molar-refractivity contribution in [3.05, 3.63) is 54.1 Å². The first-order chi connectivity index (χ1) is 13.7. The van der Waals surface area contributed by atoms with Gasteiger partial charge in [0.25, 0.3) is 10.0 Å².